The minimum Gasteiger partial charge on any atom is -0.504 e. The number of rotatable bonds is 2. The summed E-state index contributed by atoms with van der Waals surface area (Å²) in [5.41, 5.74) is 0. The van der Waals surface area contributed by atoms with Gasteiger partial charge in [-0.1, -0.05) is 11.6 Å². The Labute approximate surface area is 86.1 Å². The number of aromatic hydroxyl groups is 1. The Morgan fingerprint density at radius 3 is 3.15 bits per heavy atom. The highest BCUT2D eigenvalue weighted by atomic mass is 35.5. The van der Waals surface area contributed by atoms with Crippen molar-refractivity contribution in [1.82, 2.24) is 9.78 Å². The van der Waals surface area contributed by atoms with Crippen LogP contribution in [0.25, 0.3) is 0 Å². The monoisotopic (exact) mass is 218 g/mol. The first-order valence-corrected chi connectivity index (χ1v) is 5.72. The Kier molecular flexibility index (Phi) is 2.69. The lowest BCUT2D eigenvalue weighted by atomic mass is 10.2. The van der Waals surface area contributed by atoms with Gasteiger partial charge in [0.1, 0.15) is 0 Å². The van der Waals surface area contributed by atoms with Crippen molar-refractivity contribution in [2.24, 2.45) is 0 Å². The second-order valence-corrected chi connectivity index (χ2v) is 4.90. The van der Waals surface area contributed by atoms with E-state index in [1.807, 2.05) is 11.8 Å². The fourth-order valence-electron chi connectivity index (χ4n) is 1.47. The number of thioether (sulfide) groups is 1. The van der Waals surface area contributed by atoms with E-state index >= 15 is 0 Å². The summed E-state index contributed by atoms with van der Waals surface area (Å²) in [6, 6.07) is 0. The van der Waals surface area contributed by atoms with Gasteiger partial charge in [-0.15, -0.1) is 0 Å². The summed E-state index contributed by atoms with van der Waals surface area (Å²) in [6.07, 6.45) is 3.89. The largest absolute Gasteiger partial charge is 0.504 e. The van der Waals surface area contributed by atoms with E-state index in [4.69, 9.17) is 11.6 Å². The van der Waals surface area contributed by atoms with Crippen LogP contribution in [0.1, 0.15) is 12.8 Å². The molecule has 2 rings (SSSR count). The zero-order chi connectivity index (χ0) is 9.26. The Hall–Kier alpha value is -0.350. The van der Waals surface area contributed by atoms with Crippen LogP contribution in [0.2, 0.25) is 5.15 Å². The SMILES string of the molecule is Oc1cnn(CC2CCCS2)c1Cl. The van der Waals surface area contributed by atoms with Crippen LogP contribution in [-0.2, 0) is 6.54 Å². The molecule has 0 aromatic carbocycles. The molecular weight excluding hydrogens is 208 g/mol. The molecule has 0 radical (unpaired) electrons. The van der Waals surface area contributed by atoms with Gasteiger partial charge in [-0.05, 0) is 18.6 Å². The third kappa shape index (κ3) is 1.94. The van der Waals surface area contributed by atoms with E-state index in [0.29, 0.717) is 10.4 Å². The Bertz CT molecular complexity index is 296. The molecule has 0 amide bonds. The maximum Gasteiger partial charge on any atom is 0.172 e. The van der Waals surface area contributed by atoms with Gasteiger partial charge in [0.25, 0.3) is 0 Å². The van der Waals surface area contributed by atoms with Crippen LogP contribution in [0.5, 0.6) is 5.75 Å². The summed E-state index contributed by atoms with van der Waals surface area (Å²) in [4.78, 5) is 0. The van der Waals surface area contributed by atoms with Crippen molar-refractivity contribution >= 4 is 23.4 Å². The zero-order valence-corrected chi connectivity index (χ0v) is 8.68. The number of nitrogens with zero attached hydrogens (tertiary/aromatic N) is 2. The standard InChI is InChI=1S/C8H11ClN2OS/c9-8-7(12)4-10-11(8)5-6-2-1-3-13-6/h4,6,12H,1-3,5H2. The molecule has 3 nitrogen and oxygen atoms in total. The van der Waals surface area contributed by atoms with Crippen LogP contribution in [0.3, 0.4) is 0 Å². The lowest BCUT2D eigenvalue weighted by Gasteiger charge is -2.08. The number of halogens is 1. The Morgan fingerprint density at radius 1 is 1.77 bits per heavy atom. The lowest BCUT2D eigenvalue weighted by Crippen LogP contribution is -2.10. The van der Waals surface area contributed by atoms with Gasteiger partial charge in [-0.3, -0.25) is 0 Å². The number of aromatic nitrogens is 2. The lowest BCUT2D eigenvalue weighted by molar-refractivity contribution is 0.473. The molecule has 1 aliphatic rings. The van der Waals surface area contributed by atoms with Crippen molar-refractivity contribution in [3.8, 4) is 5.75 Å². The molecule has 0 bridgehead atoms. The van der Waals surface area contributed by atoms with Gasteiger partial charge >= 0.3 is 0 Å². The molecule has 2 heterocycles. The van der Waals surface area contributed by atoms with Gasteiger partial charge in [0.15, 0.2) is 10.9 Å². The molecule has 1 saturated heterocycles. The van der Waals surface area contributed by atoms with Gasteiger partial charge in [0.2, 0.25) is 0 Å². The maximum absolute atomic E-state index is 9.19. The first kappa shape index (κ1) is 9.21. The van der Waals surface area contributed by atoms with Crippen molar-refractivity contribution in [3.05, 3.63) is 11.3 Å². The first-order chi connectivity index (χ1) is 6.27. The molecule has 1 unspecified atom stereocenters. The van der Waals surface area contributed by atoms with E-state index in [1.54, 1.807) is 4.68 Å². The third-order valence-corrected chi connectivity index (χ3v) is 3.93. The summed E-state index contributed by atoms with van der Waals surface area (Å²) < 4.78 is 1.67. The smallest absolute Gasteiger partial charge is 0.172 e. The van der Waals surface area contributed by atoms with E-state index in [1.165, 1.54) is 24.8 Å². The van der Waals surface area contributed by atoms with Gasteiger partial charge in [0, 0.05) is 5.25 Å². The summed E-state index contributed by atoms with van der Waals surface area (Å²) >= 11 is 7.78. The Balaban J connectivity index is 2.04. The van der Waals surface area contributed by atoms with Crippen LogP contribution in [0.15, 0.2) is 6.20 Å². The van der Waals surface area contributed by atoms with Gasteiger partial charge in [-0.2, -0.15) is 16.9 Å². The molecule has 1 aromatic rings. The van der Waals surface area contributed by atoms with Crippen LogP contribution in [0, 0.1) is 0 Å². The highest BCUT2D eigenvalue weighted by Crippen LogP contribution is 2.29. The molecule has 1 N–H and O–H groups in total. The van der Waals surface area contributed by atoms with Crippen LogP contribution < -0.4 is 0 Å². The maximum atomic E-state index is 9.19. The molecule has 1 aliphatic heterocycles. The minimum absolute atomic E-state index is 0.0738. The van der Waals surface area contributed by atoms with Crippen LogP contribution in [0.4, 0.5) is 0 Å². The second-order valence-electron chi connectivity index (χ2n) is 3.14. The number of hydrogen-bond acceptors (Lipinski definition) is 3. The van der Waals surface area contributed by atoms with E-state index in [2.05, 4.69) is 5.10 Å². The van der Waals surface area contributed by atoms with E-state index < -0.39 is 0 Å². The molecule has 13 heavy (non-hydrogen) atoms. The highest BCUT2D eigenvalue weighted by Gasteiger charge is 2.18. The van der Waals surface area contributed by atoms with Crippen molar-refractivity contribution < 1.29 is 5.11 Å². The van der Waals surface area contributed by atoms with Gasteiger partial charge < -0.3 is 5.11 Å². The summed E-state index contributed by atoms with van der Waals surface area (Å²) in [6.45, 7) is 0.810. The topological polar surface area (TPSA) is 38.1 Å². The molecule has 1 atom stereocenters. The average molecular weight is 219 g/mol. The molecule has 1 fully saturated rings. The van der Waals surface area contributed by atoms with Crippen molar-refractivity contribution in [2.45, 2.75) is 24.6 Å². The van der Waals surface area contributed by atoms with E-state index in [0.717, 1.165) is 6.54 Å². The molecular formula is C8H11ClN2OS. The first-order valence-electron chi connectivity index (χ1n) is 4.29. The molecule has 0 aliphatic carbocycles. The third-order valence-electron chi connectivity index (χ3n) is 2.16. The summed E-state index contributed by atoms with van der Waals surface area (Å²) in [5.74, 6) is 1.31. The molecule has 1 aromatic heterocycles. The normalized spacial score (nSPS) is 22.4. The van der Waals surface area contributed by atoms with Gasteiger partial charge in [0.05, 0.1) is 12.7 Å². The van der Waals surface area contributed by atoms with E-state index in [-0.39, 0.29) is 5.75 Å². The molecule has 0 saturated carbocycles. The summed E-state index contributed by atoms with van der Waals surface area (Å²) in [7, 11) is 0. The quantitative estimate of drug-likeness (QED) is 0.827. The van der Waals surface area contributed by atoms with Crippen LogP contribution >= 0.6 is 23.4 Å². The highest BCUT2D eigenvalue weighted by molar-refractivity contribution is 8.00. The van der Waals surface area contributed by atoms with Crippen molar-refractivity contribution in [3.63, 3.8) is 0 Å². The minimum atomic E-state index is 0.0738. The predicted molar refractivity (Wildman–Crippen MR) is 54.4 cm³/mol. The average Bonchev–Trinajstić information content (AvgIpc) is 2.71. The van der Waals surface area contributed by atoms with E-state index in [9.17, 15) is 5.11 Å². The fourth-order valence-corrected chi connectivity index (χ4v) is 2.88. The second kappa shape index (κ2) is 3.80. The predicted octanol–water partition coefficient (Wildman–Crippen LogP) is 2.14. The fraction of sp³-hybridized carbons (Fsp3) is 0.625. The zero-order valence-electron chi connectivity index (χ0n) is 7.11. The van der Waals surface area contributed by atoms with Gasteiger partial charge in [-0.25, -0.2) is 4.68 Å². The summed E-state index contributed by atoms with van der Waals surface area (Å²) in [5, 5.41) is 14.2. The van der Waals surface area contributed by atoms with Crippen LogP contribution in [-0.4, -0.2) is 25.9 Å². The Morgan fingerprint density at radius 2 is 2.62 bits per heavy atom. The number of hydrogen-bond donors (Lipinski definition) is 1. The molecule has 72 valence electrons. The molecule has 0 spiro atoms. The molecule has 5 heteroatoms. The van der Waals surface area contributed by atoms with Crippen molar-refractivity contribution in [2.75, 3.05) is 5.75 Å². The van der Waals surface area contributed by atoms with Crippen molar-refractivity contribution in [1.29, 1.82) is 0 Å².